The van der Waals surface area contributed by atoms with Crippen molar-refractivity contribution in [2.45, 2.75) is 19.6 Å². The highest BCUT2D eigenvalue weighted by molar-refractivity contribution is 6.01. The van der Waals surface area contributed by atoms with Gasteiger partial charge in [0.2, 0.25) is 0 Å². The Bertz CT molecular complexity index is 1230. The maximum Gasteiger partial charge on any atom is 0.269 e. The fourth-order valence-corrected chi connectivity index (χ4v) is 3.24. The third-order valence-electron chi connectivity index (χ3n) is 5.07. The number of nitro benzene ring substituents is 1. The molecule has 1 amide bonds. The van der Waals surface area contributed by atoms with Gasteiger partial charge < -0.3 is 14.8 Å². The van der Waals surface area contributed by atoms with Gasteiger partial charge in [-0.3, -0.25) is 14.9 Å². The highest BCUT2D eigenvalue weighted by Gasteiger charge is 2.14. The molecular weight excluding hydrogens is 434 g/mol. The zero-order chi connectivity index (χ0) is 24.5. The van der Waals surface area contributed by atoms with E-state index in [1.54, 1.807) is 18.2 Å². The fraction of sp³-hybridized carbons (Fsp3) is 0.154. The number of carbonyl (C=O) groups is 1. The second kappa shape index (κ2) is 11.3. The Kier molecular flexibility index (Phi) is 7.97. The van der Waals surface area contributed by atoms with Crippen LogP contribution in [0.3, 0.4) is 0 Å². The minimum atomic E-state index is -0.480. The van der Waals surface area contributed by atoms with Crippen LogP contribution in [0.15, 0.2) is 78.4 Å². The number of nitrogens with zero attached hydrogens (tertiary/aromatic N) is 2. The molecule has 172 valence electrons. The van der Waals surface area contributed by atoms with Gasteiger partial charge in [0, 0.05) is 17.7 Å². The Hall–Kier alpha value is -4.64. The molecule has 0 aliphatic carbocycles. The summed E-state index contributed by atoms with van der Waals surface area (Å²) in [6, 6.07) is 22.1. The first-order valence-electron chi connectivity index (χ1n) is 10.4. The second-order valence-electron chi connectivity index (χ2n) is 7.39. The summed E-state index contributed by atoms with van der Waals surface area (Å²) in [6.07, 6.45) is 1.50. The lowest BCUT2D eigenvalue weighted by Gasteiger charge is -2.14. The van der Waals surface area contributed by atoms with Crippen molar-refractivity contribution in [1.29, 1.82) is 5.26 Å². The Labute approximate surface area is 197 Å². The molecule has 0 fully saturated rings. The molecule has 3 aromatic carbocycles. The molecule has 0 saturated heterocycles. The van der Waals surface area contributed by atoms with Crippen molar-refractivity contribution in [3.8, 4) is 17.6 Å². The van der Waals surface area contributed by atoms with Crippen LogP contribution in [0.2, 0.25) is 0 Å². The SMILES string of the molecule is COc1ccc(C=C(C#N)C(=O)NC(C)c2ccccc2)cc1COc1ccc([N+](=O)[O-])cc1. The van der Waals surface area contributed by atoms with Crippen molar-refractivity contribution < 1.29 is 19.2 Å². The number of hydrogen-bond acceptors (Lipinski definition) is 6. The van der Waals surface area contributed by atoms with E-state index >= 15 is 0 Å². The average Bonchev–Trinajstić information content (AvgIpc) is 2.86. The van der Waals surface area contributed by atoms with Gasteiger partial charge >= 0.3 is 0 Å². The molecule has 0 aliphatic heterocycles. The highest BCUT2D eigenvalue weighted by atomic mass is 16.6. The van der Waals surface area contributed by atoms with Crippen molar-refractivity contribution in [1.82, 2.24) is 5.32 Å². The summed E-state index contributed by atoms with van der Waals surface area (Å²) in [5.41, 5.74) is 2.19. The lowest BCUT2D eigenvalue weighted by Crippen LogP contribution is -2.27. The molecule has 0 radical (unpaired) electrons. The molecule has 0 spiro atoms. The van der Waals surface area contributed by atoms with Crippen LogP contribution in [0.25, 0.3) is 6.08 Å². The minimum Gasteiger partial charge on any atom is -0.496 e. The van der Waals surface area contributed by atoms with E-state index in [1.807, 2.05) is 43.3 Å². The van der Waals surface area contributed by atoms with Gasteiger partial charge in [-0.05, 0) is 48.4 Å². The van der Waals surface area contributed by atoms with Gasteiger partial charge in [0.15, 0.2) is 0 Å². The maximum atomic E-state index is 12.7. The Morgan fingerprint density at radius 2 is 1.85 bits per heavy atom. The molecule has 0 saturated carbocycles. The molecule has 8 nitrogen and oxygen atoms in total. The van der Waals surface area contributed by atoms with E-state index in [0.717, 1.165) is 5.56 Å². The molecule has 34 heavy (non-hydrogen) atoms. The average molecular weight is 457 g/mol. The van der Waals surface area contributed by atoms with Crippen molar-refractivity contribution in [2.24, 2.45) is 0 Å². The summed E-state index contributed by atoms with van der Waals surface area (Å²) in [5.74, 6) is 0.554. The molecule has 1 unspecified atom stereocenters. The van der Waals surface area contributed by atoms with E-state index in [4.69, 9.17) is 9.47 Å². The quantitative estimate of drug-likeness (QED) is 0.210. The summed E-state index contributed by atoms with van der Waals surface area (Å²) in [6.45, 7) is 1.98. The summed E-state index contributed by atoms with van der Waals surface area (Å²) >= 11 is 0. The topological polar surface area (TPSA) is 114 Å². The number of ether oxygens (including phenoxy) is 2. The number of benzene rings is 3. The van der Waals surface area contributed by atoms with Gasteiger partial charge in [0.05, 0.1) is 18.1 Å². The molecule has 1 atom stereocenters. The van der Waals surface area contributed by atoms with Crippen LogP contribution in [0.1, 0.15) is 29.7 Å². The molecular formula is C26H23N3O5. The predicted molar refractivity (Wildman–Crippen MR) is 127 cm³/mol. The largest absolute Gasteiger partial charge is 0.496 e. The van der Waals surface area contributed by atoms with Gasteiger partial charge in [-0.1, -0.05) is 36.4 Å². The number of carbonyl (C=O) groups excluding carboxylic acids is 1. The van der Waals surface area contributed by atoms with Crippen LogP contribution in [0.5, 0.6) is 11.5 Å². The Morgan fingerprint density at radius 1 is 1.15 bits per heavy atom. The van der Waals surface area contributed by atoms with Crippen LogP contribution in [0.4, 0.5) is 5.69 Å². The third-order valence-corrected chi connectivity index (χ3v) is 5.07. The van der Waals surface area contributed by atoms with Crippen LogP contribution in [0, 0.1) is 21.4 Å². The molecule has 3 rings (SSSR count). The number of nitrogens with one attached hydrogen (secondary N) is 1. The monoisotopic (exact) mass is 457 g/mol. The number of hydrogen-bond donors (Lipinski definition) is 1. The van der Waals surface area contributed by atoms with Crippen molar-refractivity contribution in [2.75, 3.05) is 7.11 Å². The molecule has 0 aromatic heterocycles. The lowest BCUT2D eigenvalue weighted by atomic mass is 10.1. The summed E-state index contributed by atoms with van der Waals surface area (Å²) < 4.78 is 11.1. The van der Waals surface area contributed by atoms with Crippen molar-refractivity contribution in [3.63, 3.8) is 0 Å². The summed E-state index contributed by atoms with van der Waals surface area (Å²) in [7, 11) is 1.53. The highest BCUT2D eigenvalue weighted by Crippen LogP contribution is 2.25. The molecule has 0 aliphatic rings. The van der Waals surface area contributed by atoms with E-state index in [2.05, 4.69) is 5.32 Å². The smallest absolute Gasteiger partial charge is 0.269 e. The van der Waals surface area contributed by atoms with Crippen molar-refractivity contribution in [3.05, 3.63) is 105 Å². The Balaban J connectivity index is 1.75. The standard InChI is InChI=1S/C26H23N3O5/c1-18(20-6-4-3-5-7-20)28-26(30)21(16-27)14-19-8-13-25(33-2)22(15-19)17-34-24-11-9-23(10-12-24)29(31)32/h3-15,18H,17H2,1-2H3,(H,28,30). The first kappa shape index (κ1) is 24.0. The van der Waals surface area contributed by atoms with Crippen LogP contribution >= 0.6 is 0 Å². The van der Waals surface area contributed by atoms with Crippen LogP contribution < -0.4 is 14.8 Å². The van der Waals surface area contributed by atoms with Crippen molar-refractivity contribution >= 4 is 17.7 Å². The molecule has 3 aromatic rings. The summed E-state index contributed by atoms with van der Waals surface area (Å²) in [4.78, 5) is 23.0. The Morgan fingerprint density at radius 3 is 2.47 bits per heavy atom. The zero-order valence-corrected chi connectivity index (χ0v) is 18.7. The molecule has 0 heterocycles. The lowest BCUT2D eigenvalue weighted by molar-refractivity contribution is -0.384. The van der Waals surface area contributed by atoms with Gasteiger partial charge in [-0.15, -0.1) is 0 Å². The maximum absolute atomic E-state index is 12.7. The molecule has 8 heteroatoms. The van der Waals surface area contributed by atoms with E-state index in [9.17, 15) is 20.2 Å². The molecule has 0 bridgehead atoms. The normalized spacial score (nSPS) is 11.7. The van der Waals surface area contributed by atoms with E-state index in [-0.39, 0.29) is 23.9 Å². The molecule has 1 N–H and O–H groups in total. The van der Waals surface area contributed by atoms with Crippen LogP contribution in [-0.4, -0.2) is 17.9 Å². The first-order valence-corrected chi connectivity index (χ1v) is 10.4. The van der Waals surface area contributed by atoms with Gasteiger partial charge in [0.1, 0.15) is 29.7 Å². The van der Waals surface area contributed by atoms with Crippen LogP contribution in [-0.2, 0) is 11.4 Å². The number of rotatable bonds is 9. The van der Waals surface area contributed by atoms with Gasteiger partial charge in [-0.25, -0.2) is 0 Å². The van der Waals surface area contributed by atoms with E-state index < -0.39 is 10.8 Å². The van der Waals surface area contributed by atoms with Gasteiger partial charge in [-0.2, -0.15) is 5.26 Å². The van der Waals surface area contributed by atoms with Gasteiger partial charge in [0.25, 0.3) is 11.6 Å². The fourth-order valence-electron chi connectivity index (χ4n) is 3.24. The number of amides is 1. The number of methoxy groups -OCH3 is 1. The summed E-state index contributed by atoms with van der Waals surface area (Å²) in [5, 5.41) is 23.2. The van der Waals surface area contributed by atoms with E-state index in [1.165, 1.54) is 37.5 Å². The zero-order valence-electron chi connectivity index (χ0n) is 18.7. The number of non-ortho nitro benzene ring substituents is 1. The minimum absolute atomic E-state index is 0.0269. The second-order valence-corrected chi connectivity index (χ2v) is 7.39. The van der Waals surface area contributed by atoms with E-state index in [0.29, 0.717) is 22.6 Å². The number of nitro groups is 1. The number of nitriles is 1. The third kappa shape index (κ3) is 6.20. The first-order chi connectivity index (χ1) is 16.4. The predicted octanol–water partition coefficient (Wildman–Crippen LogP) is 4.97.